The minimum atomic E-state index is -3.79. The molecule has 2 aromatic carbocycles. The highest BCUT2D eigenvalue weighted by Crippen LogP contribution is 2.35. The molecular formula is C13H12N2O4S. The maximum atomic E-state index is 12.0. The summed E-state index contributed by atoms with van der Waals surface area (Å²) in [5.41, 5.74) is 0.327. The van der Waals surface area contributed by atoms with Crippen LogP contribution in [0.5, 0.6) is 0 Å². The number of sulfonamides is 1. The van der Waals surface area contributed by atoms with Gasteiger partial charge in [0.15, 0.2) is 0 Å². The summed E-state index contributed by atoms with van der Waals surface area (Å²) in [6, 6.07) is 12.4. The summed E-state index contributed by atoms with van der Waals surface area (Å²) < 4.78 is 26.3. The Kier molecular flexibility index (Phi) is 3.82. The zero-order chi connectivity index (χ0) is 14.8. The molecule has 0 saturated carbocycles. The van der Waals surface area contributed by atoms with Crippen molar-refractivity contribution in [3.63, 3.8) is 0 Å². The molecule has 0 radical (unpaired) electrons. The van der Waals surface area contributed by atoms with Crippen LogP contribution in [0.1, 0.15) is 0 Å². The van der Waals surface area contributed by atoms with E-state index in [2.05, 4.69) is 4.72 Å². The fraction of sp³-hybridized carbons (Fsp3) is 0.0769. The van der Waals surface area contributed by atoms with Crippen LogP contribution in [-0.2, 0) is 10.0 Å². The van der Waals surface area contributed by atoms with Crippen molar-refractivity contribution in [3.05, 3.63) is 58.6 Å². The Bertz CT molecular complexity index is 742. The molecule has 0 spiro atoms. The molecule has 0 unspecified atom stereocenters. The first-order valence-corrected chi connectivity index (χ1v) is 7.22. The number of hydrogen-bond acceptors (Lipinski definition) is 4. The molecule has 0 aliphatic heterocycles. The van der Waals surface area contributed by atoms with Gasteiger partial charge in [-0.2, -0.15) is 0 Å². The van der Waals surface area contributed by atoms with Gasteiger partial charge in [-0.05, 0) is 18.7 Å². The van der Waals surface area contributed by atoms with Crippen LogP contribution < -0.4 is 4.72 Å². The Morgan fingerprint density at radius 3 is 2.25 bits per heavy atom. The zero-order valence-electron chi connectivity index (χ0n) is 10.6. The lowest BCUT2D eigenvalue weighted by molar-refractivity contribution is -0.384. The van der Waals surface area contributed by atoms with Crippen LogP contribution in [0.4, 0.5) is 5.69 Å². The number of rotatable bonds is 4. The van der Waals surface area contributed by atoms with E-state index in [1.54, 1.807) is 30.3 Å². The fourth-order valence-electron chi connectivity index (χ4n) is 1.90. The molecule has 0 bridgehead atoms. The largest absolute Gasteiger partial charge is 0.278 e. The summed E-state index contributed by atoms with van der Waals surface area (Å²) in [4.78, 5) is 10.5. The van der Waals surface area contributed by atoms with Crippen molar-refractivity contribution in [3.8, 4) is 11.1 Å². The Balaban J connectivity index is 2.84. The maximum absolute atomic E-state index is 12.0. The van der Waals surface area contributed by atoms with Crippen LogP contribution in [0.25, 0.3) is 11.1 Å². The van der Waals surface area contributed by atoms with E-state index in [1.807, 2.05) is 0 Å². The Hall–Kier alpha value is -2.25. The van der Waals surface area contributed by atoms with Gasteiger partial charge in [0.25, 0.3) is 5.69 Å². The van der Waals surface area contributed by atoms with Crippen LogP contribution in [0, 0.1) is 10.1 Å². The monoisotopic (exact) mass is 292 g/mol. The van der Waals surface area contributed by atoms with Crippen molar-refractivity contribution < 1.29 is 13.3 Å². The highest BCUT2D eigenvalue weighted by atomic mass is 32.2. The number of nitrogens with zero attached hydrogens (tertiary/aromatic N) is 1. The van der Waals surface area contributed by atoms with Gasteiger partial charge in [-0.3, -0.25) is 10.1 Å². The van der Waals surface area contributed by atoms with E-state index in [4.69, 9.17) is 0 Å². The Morgan fingerprint density at radius 2 is 1.70 bits per heavy atom. The van der Waals surface area contributed by atoms with Crippen molar-refractivity contribution in [2.75, 3.05) is 7.05 Å². The molecule has 0 amide bonds. The molecule has 0 aromatic heterocycles. The SMILES string of the molecule is CNS(=O)(=O)c1cccc([N+](=O)[O-])c1-c1ccccc1. The third-order valence-electron chi connectivity index (χ3n) is 2.82. The van der Waals surface area contributed by atoms with Crippen LogP contribution >= 0.6 is 0 Å². The summed E-state index contributed by atoms with van der Waals surface area (Å²) in [5, 5.41) is 11.2. The summed E-state index contributed by atoms with van der Waals surface area (Å²) in [7, 11) is -2.52. The molecule has 7 heteroatoms. The van der Waals surface area contributed by atoms with Gasteiger partial charge in [0.2, 0.25) is 10.0 Å². The number of benzene rings is 2. The molecule has 0 aliphatic rings. The molecule has 20 heavy (non-hydrogen) atoms. The molecule has 0 saturated heterocycles. The second kappa shape index (κ2) is 5.40. The third kappa shape index (κ3) is 2.54. The molecule has 0 heterocycles. The van der Waals surface area contributed by atoms with Gasteiger partial charge in [0.1, 0.15) is 0 Å². The summed E-state index contributed by atoms with van der Waals surface area (Å²) in [6.45, 7) is 0. The molecule has 2 rings (SSSR count). The second-order valence-corrected chi connectivity index (χ2v) is 5.84. The molecule has 104 valence electrons. The van der Waals surface area contributed by atoms with Crippen molar-refractivity contribution in [2.24, 2.45) is 0 Å². The first kappa shape index (κ1) is 14.2. The van der Waals surface area contributed by atoms with Gasteiger partial charge >= 0.3 is 0 Å². The fourth-order valence-corrected chi connectivity index (χ4v) is 2.87. The van der Waals surface area contributed by atoms with E-state index in [9.17, 15) is 18.5 Å². The lowest BCUT2D eigenvalue weighted by Crippen LogP contribution is -2.19. The lowest BCUT2D eigenvalue weighted by atomic mass is 10.0. The van der Waals surface area contributed by atoms with Crippen molar-refractivity contribution in [2.45, 2.75) is 4.90 Å². The first-order chi connectivity index (χ1) is 9.47. The van der Waals surface area contributed by atoms with Gasteiger partial charge < -0.3 is 0 Å². The van der Waals surface area contributed by atoms with E-state index in [-0.39, 0.29) is 16.1 Å². The average Bonchev–Trinajstić information content (AvgIpc) is 2.47. The maximum Gasteiger partial charge on any atom is 0.278 e. The normalized spacial score (nSPS) is 11.2. The zero-order valence-corrected chi connectivity index (χ0v) is 11.4. The molecule has 0 aliphatic carbocycles. The van der Waals surface area contributed by atoms with Crippen molar-refractivity contribution >= 4 is 15.7 Å². The summed E-state index contributed by atoms with van der Waals surface area (Å²) in [6.07, 6.45) is 0. The third-order valence-corrected chi connectivity index (χ3v) is 4.28. The topological polar surface area (TPSA) is 89.3 Å². The number of hydrogen-bond donors (Lipinski definition) is 1. The lowest BCUT2D eigenvalue weighted by Gasteiger charge is -2.10. The van der Waals surface area contributed by atoms with Gasteiger partial charge in [-0.1, -0.05) is 36.4 Å². The van der Waals surface area contributed by atoms with Crippen LogP contribution in [0.15, 0.2) is 53.4 Å². The Morgan fingerprint density at radius 1 is 1.05 bits per heavy atom. The predicted molar refractivity (Wildman–Crippen MR) is 74.8 cm³/mol. The minimum absolute atomic E-state index is 0.0902. The van der Waals surface area contributed by atoms with Gasteiger partial charge in [-0.15, -0.1) is 0 Å². The molecule has 6 nitrogen and oxygen atoms in total. The van der Waals surface area contributed by atoms with Crippen LogP contribution in [0.3, 0.4) is 0 Å². The van der Waals surface area contributed by atoms with E-state index >= 15 is 0 Å². The second-order valence-electron chi connectivity index (χ2n) is 3.98. The Labute approximate surface area is 116 Å². The molecular weight excluding hydrogens is 280 g/mol. The number of nitro groups is 1. The van der Waals surface area contributed by atoms with Crippen LogP contribution in [0.2, 0.25) is 0 Å². The molecule has 2 aromatic rings. The van der Waals surface area contributed by atoms with E-state index in [0.717, 1.165) is 0 Å². The van der Waals surface area contributed by atoms with E-state index < -0.39 is 14.9 Å². The smallest absolute Gasteiger partial charge is 0.258 e. The van der Waals surface area contributed by atoms with Gasteiger partial charge in [-0.25, -0.2) is 13.1 Å². The number of nitrogens with one attached hydrogen (secondary N) is 1. The van der Waals surface area contributed by atoms with E-state index in [0.29, 0.717) is 5.56 Å². The quantitative estimate of drug-likeness (QED) is 0.690. The van der Waals surface area contributed by atoms with E-state index in [1.165, 1.54) is 25.2 Å². The molecule has 0 fully saturated rings. The standard InChI is InChI=1S/C13H12N2O4S/c1-14-20(18,19)12-9-5-8-11(15(16)17)13(12)10-6-3-2-4-7-10/h2-9,14H,1H3. The summed E-state index contributed by atoms with van der Waals surface area (Å²) >= 11 is 0. The van der Waals surface area contributed by atoms with Crippen LogP contribution in [-0.4, -0.2) is 20.4 Å². The van der Waals surface area contributed by atoms with Crippen molar-refractivity contribution in [1.29, 1.82) is 0 Å². The van der Waals surface area contributed by atoms with Gasteiger partial charge in [0.05, 0.1) is 15.4 Å². The highest BCUT2D eigenvalue weighted by molar-refractivity contribution is 7.89. The average molecular weight is 292 g/mol. The predicted octanol–water partition coefficient (Wildman–Crippen LogP) is 2.17. The highest BCUT2D eigenvalue weighted by Gasteiger charge is 2.25. The first-order valence-electron chi connectivity index (χ1n) is 5.74. The number of nitro benzene ring substituents is 1. The molecule has 0 atom stereocenters. The minimum Gasteiger partial charge on any atom is -0.258 e. The van der Waals surface area contributed by atoms with Gasteiger partial charge in [0, 0.05) is 6.07 Å². The van der Waals surface area contributed by atoms with Crippen molar-refractivity contribution in [1.82, 2.24) is 4.72 Å². The summed E-state index contributed by atoms with van der Waals surface area (Å²) in [5.74, 6) is 0. The molecule has 1 N–H and O–H groups in total.